The van der Waals surface area contributed by atoms with E-state index in [1.165, 1.54) is 163 Å². The third-order valence-electron chi connectivity index (χ3n) is 28.2. The molecule has 12 aromatic rings. The van der Waals surface area contributed by atoms with Crippen molar-refractivity contribution in [2.75, 3.05) is 0 Å². The first-order chi connectivity index (χ1) is 59.0. The van der Waals surface area contributed by atoms with Crippen LogP contribution in [0.5, 0.6) is 0 Å². The van der Waals surface area contributed by atoms with Gasteiger partial charge in [-0.05, 0) is 303 Å². The molecule has 0 saturated carbocycles. The Morgan fingerprint density at radius 2 is 0.548 bits per heavy atom. The van der Waals surface area contributed by atoms with Gasteiger partial charge in [0.2, 0.25) is 0 Å². The lowest BCUT2D eigenvalue weighted by atomic mass is 9.62. The molecule has 8 nitrogen and oxygen atoms in total. The number of hydrogen-bond acceptors (Lipinski definition) is 4. The van der Waals surface area contributed by atoms with Gasteiger partial charge in [-0.1, -0.05) is 327 Å². The molecule has 0 radical (unpaired) electrons. The predicted octanol–water partition coefficient (Wildman–Crippen LogP) is 29.4. The van der Waals surface area contributed by atoms with E-state index in [1.54, 1.807) is 34.9 Å². The Morgan fingerprint density at radius 3 is 0.815 bits per heavy atom. The minimum atomic E-state index is 0.219. The van der Waals surface area contributed by atoms with Crippen LogP contribution < -0.4 is 0 Å². The molecular weight excluding hydrogens is 1510 g/mol. The molecule has 0 unspecified atom stereocenters. The molecule has 4 aliphatic rings. The average Bonchev–Trinajstić information content (AvgIpc) is 1.72. The van der Waals surface area contributed by atoms with E-state index in [0.29, 0.717) is 0 Å². The molecule has 4 heterocycles. The average molecular weight is 1650 g/mol. The molecule has 8 aromatic carbocycles. The van der Waals surface area contributed by atoms with E-state index in [1.807, 2.05) is 34.2 Å². The Morgan fingerprint density at radius 1 is 0.266 bits per heavy atom. The van der Waals surface area contributed by atoms with Crippen LogP contribution in [0, 0.1) is 27.7 Å². The normalized spacial score (nSPS) is 17.1. The van der Waals surface area contributed by atoms with Crippen molar-refractivity contribution < 1.29 is 0 Å². The fourth-order valence-corrected chi connectivity index (χ4v) is 19.1. The van der Waals surface area contributed by atoms with Gasteiger partial charge in [-0.25, -0.2) is 9.97 Å². The number of aromatic nitrogens is 8. The first-order valence-corrected chi connectivity index (χ1v) is 46.6. The zero-order valence-corrected chi connectivity index (χ0v) is 79.1. The van der Waals surface area contributed by atoms with Crippen LogP contribution in [0.1, 0.15) is 321 Å². The van der Waals surface area contributed by atoms with Crippen LogP contribution in [0.3, 0.4) is 0 Å². The summed E-state index contributed by atoms with van der Waals surface area (Å²) in [5.41, 5.74) is 35.7. The molecule has 0 bridgehead atoms. The van der Waals surface area contributed by atoms with Crippen LogP contribution in [0.4, 0.5) is 0 Å². The van der Waals surface area contributed by atoms with E-state index in [2.05, 4.69) is 399 Å². The third-order valence-corrected chi connectivity index (χ3v) is 28.2. The molecule has 4 aliphatic carbocycles. The van der Waals surface area contributed by atoms with E-state index in [0.717, 1.165) is 77.5 Å². The van der Waals surface area contributed by atoms with E-state index in [4.69, 9.17) is 0 Å². The van der Waals surface area contributed by atoms with Crippen molar-refractivity contribution in [1.29, 1.82) is 0 Å². The van der Waals surface area contributed by atoms with Crippen molar-refractivity contribution in [1.82, 2.24) is 38.7 Å². The van der Waals surface area contributed by atoms with Gasteiger partial charge >= 0.3 is 0 Å². The van der Waals surface area contributed by atoms with Crippen LogP contribution in [-0.4, -0.2) is 38.7 Å². The van der Waals surface area contributed by atoms with Crippen LogP contribution in [0.2, 0.25) is 0 Å². The number of hydrogen-bond donors (Lipinski definition) is 0. The van der Waals surface area contributed by atoms with Crippen LogP contribution in [0.15, 0.2) is 220 Å². The van der Waals surface area contributed by atoms with Gasteiger partial charge in [0.1, 0.15) is 12.7 Å². The van der Waals surface area contributed by atoms with Gasteiger partial charge in [0, 0.05) is 63.4 Å². The molecule has 124 heavy (non-hydrogen) atoms. The van der Waals surface area contributed by atoms with Crippen LogP contribution in [-0.2, 0) is 95.2 Å². The Kier molecular flexibility index (Phi) is 28.7. The molecule has 0 fully saturated rings. The highest BCUT2D eigenvalue weighted by Gasteiger charge is 2.42. The highest BCUT2D eigenvalue weighted by molar-refractivity contribution is 5.76. The second kappa shape index (κ2) is 39.0. The Labute approximate surface area is 746 Å². The zero-order valence-electron chi connectivity index (χ0n) is 79.1. The second-order valence-corrected chi connectivity index (χ2v) is 42.0. The second-order valence-electron chi connectivity index (χ2n) is 42.0. The standard InChI is InChI=1S/C30H37N.2C29H36N2.C28H35N3/c1-23-10-12-24(13-11-23)14-15-26-22-28-27(29(2,3)16-17-30(28,4)5)21-25(26)9-8-20-31-18-6-7-19-31;1-22-9-11-23(12-10-22)13-14-25-21-27-26(28(2,3)15-16-29(27,4)5)20-24(25)8-6-18-31-19-7-17-30-31;1-22-8-10-23(11-9-22)12-13-25-20-27-26(28(2,3)14-15-29(27,4)5)19-24(25)7-6-17-31-18-16-30-21-31;1-21-8-10-22(11-9-21)12-13-24-18-26-25(27(2,3)14-15-28(26,4)5)17-23(24)7-6-16-31-20-29-19-30-31/h6-7,10-15,18-19,21-22H,8-9,16-17,20H2,1-5H3;7,9-14,17,19-21H,6,8,15-16,18H2,1-5H3;8-13,16,18-21H,6-7,14-15,17H2,1-5H3;8-13,17-20H,6-7,14-16H2,1-5H3/b15-14+;14-13+;2*13-12+. The molecular formula is C116H144N8. The zero-order chi connectivity index (χ0) is 88.2. The van der Waals surface area contributed by atoms with Gasteiger partial charge in [-0.3, -0.25) is 9.36 Å². The highest BCUT2D eigenvalue weighted by Crippen LogP contribution is 2.52. The summed E-state index contributed by atoms with van der Waals surface area (Å²) in [6.45, 7) is 51.1. The third kappa shape index (κ3) is 23.4. The Balaban J connectivity index is 0.000000142. The Hall–Kier alpha value is -10.4. The number of nitrogens with zero attached hydrogens (tertiary/aromatic N) is 8. The van der Waals surface area contributed by atoms with Crippen molar-refractivity contribution in [3.63, 3.8) is 0 Å². The summed E-state index contributed by atoms with van der Waals surface area (Å²) < 4.78 is 8.42. The molecule has 0 aliphatic heterocycles. The maximum atomic E-state index is 4.37. The van der Waals surface area contributed by atoms with E-state index in [-0.39, 0.29) is 43.3 Å². The molecule has 0 amide bonds. The summed E-state index contributed by atoms with van der Waals surface area (Å²) in [6, 6.07) is 61.4. The topological polar surface area (TPSA) is 71.3 Å². The molecule has 16 rings (SSSR count). The monoisotopic (exact) mass is 1650 g/mol. The smallest absolute Gasteiger partial charge is 0.137 e. The predicted molar refractivity (Wildman–Crippen MR) is 530 cm³/mol. The summed E-state index contributed by atoms with van der Waals surface area (Å²) in [6.07, 6.45) is 54.5. The van der Waals surface area contributed by atoms with E-state index >= 15 is 0 Å². The number of imidazole rings is 1. The SMILES string of the molecule is Cc1ccc(/C=C/c2cc3c(cc2CCCn2cccc2)C(C)(C)CCC3(C)C)cc1.Cc1ccc(/C=C/c2cc3c(cc2CCCn2cccn2)C(C)(C)CCC3(C)C)cc1.Cc1ccc(/C=C/c2cc3c(cc2CCCn2ccnc2)C(C)(C)CCC3(C)C)cc1.Cc1ccc(/C=C/c2cc3c(cc2CCCn2cncn2)C(C)(C)CCC3(C)C)cc1. The first kappa shape index (κ1) is 91.3. The molecule has 0 spiro atoms. The number of benzene rings is 8. The van der Waals surface area contributed by atoms with Crippen LogP contribution >= 0.6 is 0 Å². The first-order valence-electron chi connectivity index (χ1n) is 46.6. The summed E-state index contributed by atoms with van der Waals surface area (Å²) in [7, 11) is 0. The molecule has 4 aromatic heterocycles. The Bertz CT molecular complexity index is 4900. The maximum Gasteiger partial charge on any atom is 0.137 e. The number of rotatable bonds is 24. The summed E-state index contributed by atoms with van der Waals surface area (Å²) in [4.78, 5) is 8.25. The van der Waals surface area contributed by atoms with Gasteiger partial charge in [-0.15, -0.1) is 0 Å². The quantitative estimate of drug-likeness (QED) is 0.0565. The van der Waals surface area contributed by atoms with Gasteiger partial charge in [-0.2, -0.15) is 10.2 Å². The lowest BCUT2D eigenvalue weighted by Crippen LogP contribution is -2.34. The molecule has 648 valence electrons. The molecule has 0 atom stereocenters. The van der Waals surface area contributed by atoms with Gasteiger partial charge < -0.3 is 9.13 Å². The fraction of sp³-hybridized carbons (Fsp3) is 0.414. The van der Waals surface area contributed by atoms with Crippen molar-refractivity contribution in [2.24, 2.45) is 0 Å². The largest absolute Gasteiger partial charge is 0.354 e. The minimum absolute atomic E-state index is 0.219. The van der Waals surface area contributed by atoms with E-state index < -0.39 is 0 Å². The fourth-order valence-electron chi connectivity index (χ4n) is 19.1. The number of fused-ring (bicyclic) bond motifs is 4. The minimum Gasteiger partial charge on any atom is -0.354 e. The molecule has 8 heteroatoms. The summed E-state index contributed by atoms with van der Waals surface area (Å²) in [5, 5.41) is 8.62. The molecule has 0 saturated heterocycles. The highest BCUT2D eigenvalue weighted by atomic mass is 15.3. The van der Waals surface area contributed by atoms with Crippen molar-refractivity contribution in [3.05, 3.63) is 353 Å². The number of aryl methyl sites for hydroxylation is 12. The van der Waals surface area contributed by atoms with Crippen LogP contribution in [0.25, 0.3) is 48.6 Å². The van der Waals surface area contributed by atoms with Gasteiger partial charge in [0.05, 0.1) is 6.33 Å². The summed E-state index contributed by atoms with van der Waals surface area (Å²) >= 11 is 0. The van der Waals surface area contributed by atoms with Gasteiger partial charge in [0.25, 0.3) is 0 Å². The van der Waals surface area contributed by atoms with Crippen molar-refractivity contribution in [3.8, 4) is 0 Å². The summed E-state index contributed by atoms with van der Waals surface area (Å²) in [5.74, 6) is 0. The molecule has 0 N–H and O–H groups in total. The van der Waals surface area contributed by atoms with E-state index in [9.17, 15) is 0 Å². The lowest BCUT2D eigenvalue weighted by Gasteiger charge is -2.42. The van der Waals surface area contributed by atoms with Crippen molar-refractivity contribution >= 4 is 48.6 Å². The lowest BCUT2D eigenvalue weighted by molar-refractivity contribution is 0.331. The van der Waals surface area contributed by atoms with Gasteiger partial charge in [0.15, 0.2) is 0 Å². The van der Waals surface area contributed by atoms with Crippen molar-refractivity contribution in [2.45, 2.75) is 311 Å². The maximum absolute atomic E-state index is 4.37.